The topological polar surface area (TPSA) is 59.4 Å². The predicted octanol–water partition coefficient (Wildman–Crippen LogP) is 4.41. The first kappa shape index (κ1) is 19.4. The number of phenolic OH excluding ortho intramolecular Hbond substituents is 1. The fraction of sp³-hybridized carbons (Fsp3) is 0.167. The molecule has 0 saturated heterocycles. The molecule has 0 bridgehead atoms. The summed E-state index contributed by atoms with van der Waals surface area (Å²) in [6.45, 7) is 0. The first-order chi connectivity index (χ1) is 13.6. The molecular formula is C24H23NO3. The maximum absolute atomic E-state index is 12.3. The Balaban J connectivity index is 1.58. The molecule has 0 amide bonds. The number of methoxy groups -OCH3 is 1. The predicted molar refractivity (Wildman–Crippen MR) is 110 cm³/mol. The van der Waals surface area contributed by atoms with E-state index in [9.17, 15) is 9.90 Å². The van der Waals surface area contributed by atoms with Crippen LogP contribution >= 0.6 is 0 Å². The summed E-state index contributed by atoms with van der Waals surface area (Å²) in [6, 6.07) is 17.2. The van der Waals surface area contributed by atoms with Crippen LogP contribution in [0.2, 0.25) is 0 Å². The van der Waals surface area contributed by atoms with Gasteiger partial charge in [0.05, 0.1) is 7.11 Å². The van der Waals surface area contributed by atoms with Gasteiger partial charge in [-0.25, -0.2) is 0 Å². The summed E-state index contributed by atoms with van der Waals surface area (Å²) in [5, 5.41) is 9.81. The highest BCUT2D eigenvalue weighted by Gasteiger charge is 2.04. The zero-order chi connectivity index (χ0) is 19.8. The largest absolute Gasteiger partial charge is 0.504 e. The lowest BCUT2D eigenvalue weighted by atomic mass is 10.0. The van der Waals surface area contributed by atoms with E-state index in [-0.39, 0.29) is 11.5 Å². The zero-order valence-corrected chi connectivity index (χ0v) is 15.8. The number of ketones is 1. The van der Waals surface area contributed by atoms with E-state index >= 15 is 0 Å². The number of pyridine rings is 1. The fourth-order valence-electron chi connectivity index (χ4n) is 2.99. The highest BCUT2D eigenvalue weighted by atomic mass is 16.5. The van der Waals surface area contributed by atoms with Gasteiger partial charge in [-0.3, -0.25) is 9.78 Å². The van der Waals surface area contributed by atoms with Crippen LogP contribution in [0.5, 0.6) is 11.5 Å². The molecule has 0 aliphatic carbocycles. The summed E-state index contributed by atoms with van der Waals surface area (Å²) in [7, 11) is 1.50. The number of aromatic hydroxyl groups is 1. The molecule has 0 unspecified atom stereocenters. The number of rotatable bonds is 8. The lowest BCUT2D eigenvalue weighted by Crippen LogP contribution is -2.00. The van der Waals surface area contributed by atoms with E-state index in [1.807, 2.05) is 24.3 Å². The number of phenols is 1. The molecule has 0 spiro atoms. The number of ether oxygens (including phenoxy) is 1. The van der Waals surface area contributed by atoms with Crippen LogP contribution < -0.4 is 4.74 Å². The Morgan fingerprint density at radius 1 is 1.00 bits per heavy atom. The number of hydrogen-bond acceptors (Lipinski definition) is 4. The molecule has 0 fully saturated rings. The summed E-state index contributed by atoms with van der Waals surface area (Å²) in [5.74, 6) is 0.479. The molecule has 3 aromatic rings. The molecule has 4 heteroatoms. The Kier molecular flexibility index (Phi) is 6.58. The van der Waals surface area contributed by atoms with Crippen molar-refractivity contribution in [2.75, 3.05) is 7.11 Å². The van der Waals surface area contributed by atoms with Crippen LogP contribution in [0.3, 0.4) is 0 Å². The molecule has 1 N–H and O–H groups in total. The van der Waals surface area contributed by atoms with Gasteiger partial charge < -0.3 is 9.84 Å². The first-order valence-electron chi connectivity index (χ1n) is 9.18. The van der Waals surface area contributed by atoms with Gasteiger partial charge in [0, 0.05) is 18.8 Å². The number of aromatic nitrogens is 1. The van der Waals surface area contributed by atoms with Gasteiger partial charge in [-0.15, -0.1) is 0 Å². The minimum Gasteiger partial charge on any atom is -0.504 e. The second-order valence-corrected chi connectivity index (χ2v) is 6.58. The summed E-state index contributed by atoms with van der Waals surface area (Å²) in [5.41, 5.74) is 4.21. The Hall–Kier alpha value is -3.40. The number of allylic oxidation sites excluding steroid dienone is 1. The van der Waals surface area contributed by atoms with Crippen LogP contribution in [0, 0.1) is 0 Å². The Morgan fingerprint density at radius 2 is 1.75 bits per heavy atom. The lowest BCUT2D eigenvalue weighted by molar-refractivity contribution is -0.113. The number of hydrogen-bond donors (Lipinski definition) is 1. The van der Waals surface area contributed by atoms with Crippen LogP contribution in [-0.2, 0) is 24.1 Å². The molecule has 4 nitrogen and oxygen atoms in total. The molecule has 1 heterocycles. The minimum atomic E-state index is 0.0154. The number of carbonyl (C=O) groups is 1. The summed E-state index contributed by atoms with van der Waals surface area (Å²) in [4.78, 5) is 16.3. The van der Waals surface area contributed by atoms with Crippen molar-refractivity contribution >= 4 is 11.9 Å². The van der Waals surface area contributed by atoms with E-state index in [2.05, 4.69) is 17.1 Å². The molecule has 0 radical (unpaired) electrons. The van der Waals surface area contributed by atoms with Crippen molar-refractivity contribution < 1.29 is 14.6 Å². The van der Waals surface area contributed by atoms with Crippen LogP contribution in [0.25, 0.3) is 6.08 Å². The quantitative estimate of drug-likeness (QED) is 0.594. The van der Waals surface area contributed by atoms with Crippen LogP contribution in [0.15, 0.2) is 73.1 Å². The van der Waals surface area contributed by atoms with Gasteiger partial charge in [0.25, 0.3) is 0 Å². The Bertz CT molecular complexity index is 965. The molecule has 3 rings (SSSR count). The zero-order valence-electron chi connectivity index (χ0n) is 15.8. The van der Waals surface area contributed by atoms with Crippen molar-refractivity contribution in [2.45, 2.75) is 19.3 Å². The van der Waals surface area contributed by atoms with Crippen LogP contribution in [-0.4, -0.2) is 23.0 Å². The SMILES string of the molecule is COc1ccc(/C=C/C(=O)Cc2cccc(CCc3ccncc3)c2)cc1O. The molecule has 0 aliphatic rings. The van der Waals surface area contributed by atoms with Gasteiger partial charge in [0.1, 0.15) is 0 Å². The van der Waals surface area contributed by atoms with E-state index < -0.39 is 0 Å². The van der Waals surface area contributed by atoms with Gasteiger partial charge in [-0.2, -0.15) is 0 Å². The standard InChI is InChI=1S/C24H23NO3/c1-28-24-10-8-20(17-23(24)27)7-9-22(26)16-21-4-2-3-19(15-21)6-5-18-11-13-25-14-12-18/h2-4,7-15,17,27H,5-6,16H2,1H3/b9-7+. The normalized spacial score (nSPS) is 10.9. The average molecular weight is 373 g/mol. The first-order valence-corrected chi connectivity index (χ1v) is 9.18. The minimum absolute atomic E-state index is 0.0154. The molecule has 0 aliphatic heterocycles. The summed E-state index contributed by atoms with van der Waals surface area (Å²) >= 11 is 0. The van der Waals surface area contributed by atoms with Crippen LogP contribution in [0.4, 0.5) is 0 Å². The average Bonchev–Trinajstić information content (AvgIpc) is 2.72. The molecule has 2 aromatic carbocycles. The van der Waals surface area contributed by atoms with Gasteiger partial charge in [-0.05, 0) is 65.4 Å². The third-order valence-corrected chi connectivity index (χ3v) is 4.49. The van der Waals surface area contributed by atoms with E-state index in [1.165, 1.54) is 18.2 Å². The van der Waals surface area contributed by atoms with Crippen molar-refractivity contribution in [3.8, 4) is 11.5 Å². The Morgan fingerprint density at radius 3 is 2.50 bits per heavy atom. The third kappa shape index (κ3) is 5.55. The van der Waals surface area contributed by atoms with Crippen molar-refractivity contribution in [3.63, 3.8) is 0 Å². The smallest absolute Gasteiger partial charge is 0.160 e. The van der Waals surface area contributed by atoms with E-state index in [4.69, 9.17) is 4.74 Å². The second-order valence-electron chi connectivity index (χ2n) is 6.58. The fourth-order valence-corrected chi connectivity index (χ4v) is 2.99. The maximum Gasteiger partial charge on any atom is 0.160 e. The van der Waals surface area contributed by atoms with Crippen molar-refractivity contribution in [1.29, 1.82) is 0 Å². The lowest BCUT2D eigenvalue weighted by Gasteiger charge is -2.05. The number of nitrogens with zero attached hydrogens (tertiary/aromatic N) is 1. The van der Waals surface area contributed by atoms with E-state index in [1.54, 1.807) is 42.7 Å². The molecule has 142 valence electrons. The Labute approximate surface area is 165 Å². The number of aryl methyl sites for hydroxylation is 2. The van der Waals surface area contributed by atoms with Gasteiger partial charge >= 0.3 is 0 Å². The monoisotopic (exact) mass is 373 g/mol. The van der Waals surface area contributed by atoms with Crippen molar-refractivity contribution in [2.24, 2.45) is 0 Å². The molecule has 0 atom stereocenters. The highest BCUT2D eigenvalue weighted by Crippen LogP contribution is 2.26. The van der Waals surface area contributed by atoms with Gasteiger partial charge in [0.15, 0.2) is 17.3 Å². The number of benzene rings is 2. The van der Waals surface area contributed by atoms with Gasteiger partial charge in [-0.1, -0.05) is 36.4 Å². The molecule has 28 heavy (non-hydrogen) atoms. The molecular weight excluding hydrogens is 350 g/mol. The van der Waals surface area contributed by atoms with E-state index in [0.717, 1.165) is 24.0 Å². The third-order valence-electron chi connectivity index (χ3n) is 4.49. The summed E-state index contributed by atoms with van der Waals surface area (Å²) < 4.78 is 5.02. The molecule has 0 saturated carbocycles. The van der Waals surface area contributed by atoms with Crippen molar-refractivity contribution in [1.82, 2.24) is 4.98 Å². The molecule has 1 aromatic heterocycles. The summed E-state index contributed by atoms with van der Waals surface area (Å²) in [6.07, 6.45) is 9.08. The van der Waals surface area contributed by atoms with Crippen molar-refractivity contribution in [3.05, 3.63) is 95.3 Å². The highest BCUT2D eigenvalue weighted by molar-refractivity contribution is 5.95. The van der Waals surface area contributed by atoms with Crippen LogP contribution in [0.1, 0.15) is 22.3 Å². The number of carbonyl (C=O) groups excluding carboxylic acids is 1. The van der Waals surface area contributed by atoms with Gasteiger partial charge in [0.2, 0.25) is 0 Å². The maximum atomic E-state index is 12.3. The second kappa shape index (κ2) is 9.51. The van der Waals surface area contributed by atoms with E-state index in [0.29, 0.717) is 12.2 Å².